The summed E-state index contributed by atoms with van der Waals surface area (Å²) < 4.78 is 7.70. The molecule has 0 saturated carbocycles. The van der Waals surface area contributed by atoms with Crippen LogP contribution < -0.4 is 10.1 Å². The van der Waals surface area contributed by atoms with Gasteiger partial charge >= 0.3 is 0 Å². The van der Waals surface area contributed by atoms with Gasteiger partial charge in [0.05, 0.1) is 18.9 Å². The lowest BCUT2D eigenvalue weighted by Crippen LogP contribution is -2.37. The zero-order valence-corrected chi connectivity index (χ0v) is 11.0. The first kappa shape index (κ1) is 12.2. The molecule has 19 heavy (non-hydrogen) atoms. The number of nitrogens with one attached hydrogen (secondary N) is 1. The van der Waals surface area contributed by atoms with Crippen LogP contribution in [-0.2, 0) is 6.54 Å². The maximum Gasteiger partial charge on any atom is 0.165 e. The van der Waals surface area contributed by atoms with Gasteiger partial charge in [0.1, 0.15) is 5.75 Å². The van der Waals surface area contributed by atoms with Crippen molar-refractivity contribution in [2.24, 2.45) is 0 Å². The van der Waals surface area contributed by atoms with Crippen LogP contribution in [0.1, 0.15) is 19.3 Å². The third-order valence-electron chi connectivity index (χ3n) is 3.41. The van der Waals surface area contributed by atoms with E-state index in [0.717, 1.165) is 24.6 Å². The van der Waals surface area contributed by atoms with E-state index in [-0.39, 0.29) is 0 Å². The molecule has 1 aliphatic heterocycles. The summed E-state index contributed by atoms with van der Waals surface area (Å²) in [5.74, 6) is 1.64. The highest BCUT2D eigenvalue weighted by Crippen LogP contribution is 2.20. The second-order valence-corrected chi connectivity index (χ2v) is 4.96. The zero-order valence-electron chi connectivity index (χ0n) is 11.0. The van der Waals surface area contributed by atoms with Crippen LogP contribution in [0.3, 0.4) is 0 Å². The second kappa shape index (κ2) is 5.89. The number of hydrogen-bond acceptors (Lipinski definition) is 3. The fraction of sp³-hybridized carbons (Fsp3) is 0.400. The molecule has 1 aliphatic rings. The summed E-state index contributed by atoms with van der Waals surface area (Å²) >= 11 is 0. The van der Waals surface area contributed by atoms with Gasteiger partial charge in [-0.15, -0.1) is 0 Å². The minimum absolute atomic E-state index is 0.540. The molecule has 100 valence electrons. The van der Waals surface area contributed by atoms with Gasteiger partial charge in [-0.1, -0.05) is 24.6 Å². The average molecular weight is 257 g/mol. The smallest absolute Gasteiger partial charge is 0.165 e. The van der Waals surface area contributed by atoms with Crippen LogP contribution >= 0.6 is 0 Å². The third-order valence-corrected chi connectivity index (χ3v) is 3.41. The molecular formula is C15H19N3O. The van der Waals surface area contributed by atoms with Crippen molar-refractivity contribution >= 4 is 0 Å². The fourth-order valence-electron chi connectivity index (χ4n) is 2.43. The van der Waals surface area contributed by atoms with E-state index in [1.807, 2.05) is 41.2 Å². The highest BCUT2D eigenvalue weighted by atomic mass is 16.5. The van der Waals surface area contributed by atoms with Crippen LogP contribution in [0.5, 0.6) is 11.5 Å². The second-order valence-electron chi connectivity index (χ2n) is 4.96. The van der Waals surface area contributed by atoms with Gasteiger partial charge in [-0.05, 0) is 31.5 Å². The monoisotopic (exact) mass is 257 g/mol. The molecule has 1 fully saturated rings. The molecule has 2 heterocycles. The highest BCUT2D eigenvalue weighted by Gasteiger charge is 2.13. The Labute approximate surface area is 113 Å². The minimum Gasteiger partial charge on any atom is -0.454 e. The molecule has 3 rings (SSSR count). The molecule has 4 nitrogen and oxygen atoms in total. The predicted molar refractivity (Wildman–Crippen MR) is 74.4 cm³/mol. The molecule has 1 unspecified atom stereocenters. The molecule has 1 aromatic carbocycles. The maximum absolute atomic E-state index is 5.74. The maximum atomic E-state index is 5.74. The molecule has 1 N–H and O–H groups in total. The molecular weight excluding hydrogens is 238 g/mol. The van der Waals surface area contributed by atoms with Gasteiger partial charge in [-0.25, -0.2) is 0 Å². The van der Waals surface area contributed by atoms with Crippen LogP contribution in [0.15, 0.2) is 42.7 Å². The van der Waals surface area contributed by atoms with E-state index in [9.17, 15) is 0 Å². The normalized spacial score (nSPS) is 19.3. The minimum atomic E-state index is 0.540. The number of para-hydroxylation sites is 1. The Morgan fingerprint density at radius 3 is 2.89 bits per heavy atom. The Morgan fingerprint density at radius 1 is 1.21 bits per heavy atom. The van der Waals surface area contributed by atoms with Crippen LogP contribution in [0, 0.1) is 0 Å². The first-order valence-corrected chi connectivity index (χ1v) is 6.89. The standard InChI is InChI=1S/C15H19N3O/c1-2-7-14(8-3-1)19-15-10-17-18(12-15)11-13-6-4-5-9-16-13/h1-3,7-8,10,12-13,16H,4-6,9,11H2. The van der Waals surface area contributed by atoms with Crippen molar-refractivity contribution in [3.05, 3.63) is 42.7 Å². The summed E-state index contributed by atoms with van der Waals surface area (Å²) in [6.07, 6.45) is 7.57. The topological polar surface area (TPSA) is 39.1 Å². The van der Waals surface area contributed by atoms with Crippen LogP contribution in [0.4, 0.5) is 0 Å². The first-order chi connectivity index (χ1) is 9.40. The molecule has 1 aromatic heterocycles. The van der Waals surface area contributed by atoms with Gasteiger partial charge in [-0.3, -0.25) is 4.68 Å². The van der Waals surface area contributed by atoms with Crippen LogP contribution in [0.25, 0.3) is 0 Å². The van der Waals surface area contributed by atoms with Gasteiger partial charge in [0.25, 0.3) is 0 Å². The largest absolute Gasteiger partial charge is 0.454 e. The predicted octanol–water partition coefficient (Wildman–Crippen LogP) is 2.82. The molecule has 0 radical (unpaired) electrons. The quantitative estimate of drug-likeness (QED) is 0.915. The summed E-state index contributed by atoms with van der Waals surface area (Å²) in [4.78, 5) is 0. The summed E-state index contributed by atoms with van der Waals surface area (Å²) in [5.41, 5.74) is 0. The van der Waals surface area contributed by atoms with Crippen molar-refractivity contribution in [1.82, 2.24) is 15.1 Å². The molecule has 4 heteroatoms. The lowest BCUT2D eigenvalue weighted by Gasteiger charge is -2.23. The molecule has 0 spiro atoms. The average Bonchev–Trinajstić information content (AvgIpc) is 2.88. The van der Waals surface area contributed by atoms with E-state index in [2.05, 4.69) is 10.4 Å². The van der Waals surface area contributed by atoms with E-state index in [0.29, 0.717) is 6.04 Å². The van der Waals surface area contributed by atoms with E-state index in [1.165, 1.54) is 19.3 Å². The van der Waals surface area contributed by atoms with Gasteiger partial charge in [0.15, 0.2) is 5.75 Å². The van der Waals surface area contributed by atoms with Crippen molar-refractivity contribution in [2.75, 3.05) is 6.54 Å². The number of aromatic nitrogens is 2. The summed E-state index contributed by atoms with van der Waals surface area (Å²) in [6, 6.07) is 10.3. The van der Waals surface area contributed by atoms with E-state index < -0.39 is 0 Å². The molecule has 0 bridgehead atoms. The molecule has 0 amide bonds. The Bertz CT molecular complexity index is 503. The molecule has 0 aliphatic carbocycles. The Balaban J connectivity index is 1.59. The number of hydrogen-bond donors (Lipinski definition) is 1. The van der Waals surface area contributed by atoms with Crippen molar-refractivity contribution in [2.45, 2.75) is 31.8 Å². The molecule has 1 saturated heterocycles. The van der Waals surface area contributed by atoms with Crippen molar-refractivity contribution in [3.63, 3.8) is 0 Å². The summed E-state index contributed by atoms with van der Waals surface area (Å²) in [5, 5.41) is 7.88. The van der Waals surface area contributed by atoms with Gasteiger partial charge in [0, 0.05) is 6.04 Å². The fourth-order valence-corrected chi connectivity index (χ4v) is 2.43. The Hall–Kier alpha value is -1.81. The van der Waals surface area contributed by atoms with E-state index >= 15 is 0 Å². The van der Waals surface area contributed by atoms with Crippen LogP contribution in [0.2, 0.25) is 0 Å². The lowest BCUT2D eigenvalue weighted by atomic mass is 10.1. The van der Waals surface area contributed by atoms with E-state index in [4.69, 9.17) is 4.74 Å². The molecule has 1 atom stereocenters. The highest BCUT2D eigenvalue weighted by molar-refractivity contribution is 5.27. The third kappa shape index (κ3) is 3.35. The molecule has 2 aromatic rings. The van der Waals surface area contributed by atoms with Gasteiger partial charge < -0.3 is 10.1 Å². The number of rotatable bonds is 4. The van der Waals surface area contributed by atoms with Crippen molar-refractivity contribution in [1.29, 1.82) is 0 Å². The SMILES string of the molecule is c1ccc(Oc2cnn(CC3CCCCN3)c2)cc1. The number of benzene rings is 1. The number of nitrogens with zero attached hydrogens (tertiary/aromatic N) is 2. The Kier molecular flexibility index (Phi) is 3.79. The van der Waals surface area contributed by atoms with Crippen LogP contribution in [-0.4, -0.2) is 22.4 Å². The number of ether oxygens (including phenoxy) is 1. The first-order valence-electron chi connectivity index (χ1n) is 6.89. The van der Waals surface area contributed by atoms with Gasteiger partial charge in [-0.2, -0.15) is 5.10 Å². The van der Waals surface area contributed by atoms with E-state index in [1.54, 1.807) is 6.20 Å². The lowest BCUT2D eigenvalue weighted by molar-refractivity contribution is 0.350. The number of piperidine rings is 1. The Morgan fingerprint density at radius 2 is 2.11 bits per heavy atom. The van der Waals surface area contributed by atoms with Gasteiger partial charge in [0.2, 0.25) is 0 Å². The summed E-state index contributed by atoms with van der Waals surface area (Å²) in [7, 11) is 0. The zero-order chi connectivity index (χ0) is 12.9. The summed E-state index contributed by atoms with van der Waals surface area (Å²) in [6.45, 7) is 2.04. The van der Waals surface area contributed by atoms with Crippen molar-refractivity contribution in [3.8, 4) is 11.5 Å². The van der Waals surface area contributed by atoms with Crippen molar-refractivity contribution < 1.29 is 4.74 Å².